The molecule has 0 saturated heterocycles. The van der Waals surface area contributed by atoms with Crippen molar-refractivity contribution >= 4 is 27.5 Å². The summed E-state index contributed by atoms with van der Waals surface area (Å²) in [6, 6.07) is 6.61. The van der Waals surface area contributed by atoms with Gasteiger partial charge in [0.1, 0.15) is 0 Å². The lowest BCUT2D eigenvalue weighted by Crippen LogP contribution is -2.24. The largest absolute Gasteiger partial charge is 0.314 e. The fraction of sp³-hybridized carbons (Fsp3) is 0.455. The van der Waals surface area contributed by atoms with E-state index in [1.807, 2.05) is 6.07 Å². The molecule has 0 aliphatic heterocycles. The SMILES string of the molecule is CC(C)NCCc1ccc(Cl)c(Br)c1. The number of nitrogens with one attached hydrogen (secondary N) is 1. The number of hydrogen-bond acceptors (Lipinski definition) is 1. The molecule has 0 atom stereocenters. The molecule has 0 heterocycles. The van der Waals surface area contributed by atoms with Crippen LogP contribution in [0.3, 0.4) is 0 Å². The third-order valence-corrected chi connectivity index (χ3v) is 3.16. The fourth-order valence-electron chi connectivity index (χ4n) is 1.20. The van der Waals surface area contributed by atoms with Crippen LogP contribution in [-0.4, -0.2) is 12.6 Å². The van der Waals surface area contributed by atoms with Gasteiger partial charge in [-0.05, 0) is 46.6 Å². The highest BCUT2D eigenvalue weighted by Gasteiger charge is 1.99. The van der Waals surface area contributed by atoms with E-state index in [9.17, 15) is 0 Å². The van der Waals surface area contributed by atoms with Gasteiger partial charge >= 0.3 is 0 Å². The Balaban J connectivity index is 2.47. The molecule has 0 radical (unpaired) electrons. The first-order valence-electron chi connectivity index (χ1n) is 4.77. The molecule has 1 N–H and O–H groups in total. The van der Waals surface area contributed by atoms with Crippen molar-refractivity contribution in [2.24, 2.45) is 0 Å². The molecule has 1 rings (SSSR count). The zero-order chi connectivity index (χ0) is 10.6. The molecule has 0 bridgehead atoms. The summed E-state index contributed by atoms with van der Waals surface area (Å²) in [6.07, 6.45) is 1.04. The van der Waals surface area contributed by atoms with Gasteiger partial charge in [-0.15, -0.1) is 0 Å². The summed E-state index contributed by atoms with van der Waals surface area (Å²) in [6.45, 7) is 5.31. The van der Waals surface area contributed by atoms with Gasteiger partial charge in [0, 0.05) is 10.5 Å². The fourth-order valence-corrected chi connectivity index (χ4v) is 1.74. The molecule has 1 aromatic rings. The van der Waals surface area contributed by atoms with Gasteiger partial charge in [0.2, 0.25) is 0 Å². The number of hydrogen-bond donors (Lipinski definition) is 1. The van der Waals surface area contributed by atoms with Crippen molar-refractivity contribution in [1.82, 2.24) is 5.32 Å². The zero-order valence-corrected chi connectivity index (χ0v) is 10.8. The highest BCUT2D eigenvalue weighted by Crippen LogP contribution is 2.23. The number of halogens is 2. The zero-order valence-electron chi connectivity index (χ0n) is 8.48. The first-order valence-corrected chi connectivity index (χ1v) is 5.94. The van der Waals surface area contributed by atoms with E-state index in [1.165, 1.54) is 5.56 Å². The van der Waals surface area contributed by atoms with E-state index >= 15 is 0 Å². The summed E-state index contributed by atoms with van der Waals surface area (Å²) >= 11 is 9.32. The Kier molecular flexibility index (Phi) is 4.93. The van der Waals surface area contributed by atoms with Gasteiger partial charge in [0.05, 0.1) is 5.02 Å². The van der Waals surface area contributed by atoms with Gasteiger partial charge in [0.25, 0.3) is 0 Å². The first kappa shape index (κ1) is 12.0. The molecule has 1 nitrogen and oxygen atoms in total. The van der Waals surface area contributed by atoms with Gasteiger partial charge < -0.3 is 5.32 Å². The van der Waals surface area contributed by atoms with Crippen molar-refractivity contribution in [3.05, 3.63) is 33.3 Å². The molecule has 0 aliphatic rings. The average Bonchev–Trinajstić information content (AvgIpc) is 2.10. The minimum Gasteiger partial charge on any atom is -0.314 e. The molecule has 0 spiro atoms. The minimum absolute atomic E-state index is 0.547. The van der Waals surface area contributed by atoms with E-state index in [0.29, 0.717) is 6.04 Å². The van der Waals surface area contributed by atoms with Crippen LogP contribution in [0.4, 0.5) is 0 Å². The van der Waals surface area contributed by atoms with E-state index in [-0.39, 0.29) is 0 Å². The maximum atomic E-state index is 5.90. The number of rotatable bonds is 4. The molecule has 0 amide bonds. The Labute approximate surface area is 99.0 Å². The summed E-state index contributed by atoms with van der Waals surface area (Å²) in [7, 11) is 0. The van der Waals surface area contributed by atoms with Crippen molar-refractivity contribution in [1.29, 1.82) is 0 Å². The maximum absolute atomic E-state index is 5.90. The lowest BCUT2D eigenvalue weighted by molar-refractivity contribution is 0.590. The van der Waals surface area contributed by atoms with Crippen molar-refractivity contribution in [3.8, 4) is 0 Å². The van der Waals surface area contributed by atoms with Crippen molar-refractivity contribution in [3.63, 3.8) is 0 Å². The second kappa shape index (κ2) is 5.74. The van der Waals surface area contributed by atoms with Crippen LogP contribution in [0.25, 0.3) is 0 Å². The van der Waals surface area contributed by atoms with E-state index in [0.717, 1.165) is 22.5 Å². The van der Waals surface area contributed by atoms with Crippen molar-refractivity contribution in [2.75, 3.05) is 6.54 Å². The van der Waals surface area contributed by atoms with Crippen LogP contribution in [0, 0.1) is 0 Å². The third-order valence-electron chi connectivity index (χ3n) is 1.95. The second-order valence-electron chi connectivity index (χ2n) is 3.61. The Morgan fingerprint density at radius 2 is 2.14 bits per heavy atom. The molecule has 0 aromatic heterocycles. The molecule has 78 valence electrons. The molecule has 0 fully saturated rings. The average molecular weight is 277 g/mol. The topological polar surface area (TPSA) is 12.0 Å². The highest BCUT2D eigenvalue weighted by molar-refractivity contribution is 9.10. The monoisotopic (exact) mass is 275 g/mol. The van der Waals surface area contributed by atoms with E-state index in [2.05, 4.69) is 47.2 Å². The predicted octanol–water partition coefficient (Wildman–Crippen LogP) is 3.64. The normalized spacial score (nSPS) is 10.9. The molecule has 0 saturated carbocycles. The first-order chi connectivity index (χ1) is 6.59. The molecule has 14 heavy (non-hydrogen) atoms. The van der Waals surface area contributed by atoms with Gasteiger partial charge in [0.15, 0.2) is 0 Å². The second-order valence-corrected chi connectivity index (χ2v) is 4.87. The van der Waals surface area contributed by atoms with Crippen LogP contribution in [0.15, 0.2) is 22.7 Å². The molecule has 0 aliphatic carbocycles. The molecular formula is C11H15BrClN. The maximum Gasteiger partial charge on any atom is 0.0548 e. The van der Waals surface area contributed by atoms with Gasteiger partial charge in [-0.3, -0.25) is 0 Å². The molecule has 0 unspecified atom stereocenters. The van der Waals surface area contributed by atoms with Crippen molar-refractivity contribution in [2.45, 2.75) is 26.3 Å². The lowest BCUT2D eigenvalue weighted by atomic mass is 10.1. The van der Waals surface area contributed by atoms with Crippen LogP contribution in [0.5, 0.6) is 0 Å². The molecule has 3 heteroatoms. The highest BCUT2D eigenvalue weighted by atomic mass is 79.9. The van der Waals surface area contributed by atoms with Crippen LogP contribution in [-0.2, 0) is 6.42 Å². The Morgan fingerprint density at radius 3 is 2.71 bits per heavy atom. The molecule has 1 aromatic carbocycles. The van der Waals surface area contributed by atoms with Crippen LogP contribution in [0.1, 0.15) is 19.4 Å². The quantitative estimate of drug-likeness (QED) is 0.885. The van der Waals surface area contributed by atoms with E-state index in [1.54, 1.807) is 0 Å². The Morgan fingerprint density at radius 1 is 1.43 bits per heavy atom. The van der Waals surface area contributed by atoms with Crippen LogP contribution >= 0.6 is 27.5 Å². The minimum atomic E-state index is 0.547. The summed E-state index contributed by atoms with van der Waals surface area (Å²) in [5, 5.41) is 4.15. The number of benzene rings is 1. The standard InChI is InChI=1S/C11H15BrClN/c1-8(2)14-6-5-9-3-4-11(13)10(12)7-9/h3-4,7-8,14H,5-6H2,1-2H3. The summed E-state index contributed by atoms with van der Waals surface area (Å²) in [5.74, 6) is 0. The lowest BCUT2D eigenvalue weighted by Gasteiger charge is -2.08. The smallest absolute Gasteiger partial charge is 0.0548 e. The predicted molar refractivity (Wildman–Crippen MR) is 66.0 cm³/mol. The van der Waals surface area contributed by atoms with Gasteiger partial charge in [-0.25, -0.2) is 0 Å². The van der Waals surface area contributed by atoms with Crippen LogP contribution in [0.2, 0.25) is 5.02 Å². The van der Waals surface area contributed by atoms with Gasteiger partial charge in [-0.1, -0.05) is 31.5 Å². The summed E-state index contributed by atoms with van der Waals surface area (Å²) in [5.41, 5.74) is 1.30. The van der Waals surface area contributed by atoms with Crippen LogP contribution < -0.4 is 5.32 Å². The Hall–Kier alpha value is -0.0500. The van der Waals surface area contributed by atoms with Crippen molar-refractivity contribution < 1.29 is 0 Å². The van der Waals surface area contributed by atoms with Gasteiger partial charge in [-0.2, -0.15) is 0 Å². The van der Waals surface area contributed by atoms with E-state index < -0.39 is 0 Å². The summed E-state index contributed by atoms with van der Waals surface area (Å²) < 4.78 is 0.973. The Bertz CT molecular complexity index is 299. The third kappa shape index (κ3) is 3.99. The van der Waals surface area contributed by atoms with E-state index in [4.69, 9.17) is 11.6 Å². The molecular weight excluding hydrogens is 261 g/mol. The summed E-state index contributed by atoms with van der Waals surface area (Å²) in [4.78, 5) is 0.